The predicted molar refractivity (Wildman–Crippen MR) is 64.5 cm³/mol. The molecule has 3 heteroatoms. The van der Waals surface area contributed by atoms with Gasteiger partial charge in [-0.3, -0.25) is 0 Å². The second-order valence-electron chi connectivity index (χ2n) is 3.45. The Balaban J connectivity index is 3.09. The van der Waals surface area contributed by atoms with Crippen molar-refractivity contribution in [1.29, 1.82) is 5.26 Å². The number of nitriles is 1. The van der Waals surface area contributed by atoms with E-state index in [9.17, 15) is 0 Å². The summed E-state index contributed by atoms with van der Waals surface area (Å²) in [4.78, 5) is 0. The van der Waals surface area contributed by atoms with E-state index < -0.39 is 0 Å². The van der Waals surface area contributed by atoms with Crippen LogP contribution in [0.1, 0.15) is 39.0 Å². The molecule has 1 N–H and O–H groups in total. The zero-order valence-corrected chi connectivity index (χ0v) is 10.2. The lowest BCUT2D eigenvalue weighted by Crippen LogP contribution is -2.27. The van der Waals surface area contributed by atoms with Gasteiger partial charge in [0.25, 0.3) is 0 Å². The van der Waals surface area contributed by atoms with Crippen molar-refractivity contribution < 1.29 is 0 Å². The number of hydrogen-bond donors (Lipinski definition) is 1. The monoisotopic (exact) mass is 214 g/mol. The Morgan fingerprint density at radius 2 is 2.00 bits per heavy atom. The first-order valence-electron chi connectivity index (χ1n) is 5.47. The van der Waals surface area contributed by atoms with Gasteiger partial charge in [0.15, 0.2) is 0 Å². The van der Waals surface area contributed by atoms with Crippen LogP contribution in [0.25, 0.3) is 0 Å². The highest BCUT2D eigenvalue weighted by Crippen LogP contribution is 2.04. The normalized spacial score (nSPS) is 12.4. The summed E-state index contributed by atoms with van der Waals surface area (Å²) >= 11 is 1.92. The zero-order valence-electron chi connectivity index (χ0n) is 9.38. The van der Waals surface area contributed by atoms with Crippen LogP contribution in [-0.2, 0) is 0 Å². The van der Waals surface area contributed by atoms with Crippen molar-refractivity contribution in [3.63, 3.8) is 0 Å². The van der Waals surface area contributed by atoms with Crippen LogP contribution in [0.3, 0.4) is 0 Å². The van der Waals surface area contributed by atoms with Gasteiger partial charge in [-0.05, 0) is 37.8 Å². The van der Waals surface area contributed by atoms with Crippen molar-refractivity contribution in [1.82, 2.24) is 5.32 Å². The summed E-state index contributed by atoms with van der Waals surface area (Å²) in [7, 11) is 0. The Kier molecular flexibility index (Phi) is 10.7. The molecule has 82 valence electrons. The molecule has 0 saturated heterocycles. The quantitative estimate of drug-likeness (QED) is 0.600. The maximum atomic E-state index is 8.68. The molecule has 0 amide bonds. The number of nitrogens with one attached hydrogen (secondary N) is 1. The summed E-state index contributed by atoms with van der Waals surface area (Å²) in [6, 6.07) is 2.31. The lowest BCUT2D eigenvalue weighted by atomic mass is 10.2. The fourth-order valence-electron chi connectivity index (χ4n) is 1.28. The minimum atomic E-state index is 0.0567. The molecule has 0 heterocycles. The van der Waals surface area contributed by atoms with Crippen molar-refractivity contribution in [3.05, 3.63) is 0 Å². The molecule has 0 radical (unpaired) electrons. The molecule has 0 spiro atoms. The minimum Gasteiger partial charge on any atom is -0.302 e. The topological polar surface area (TPSA) is 35.8 Å². The lowest BCUT2D eigenvalue weighted by molar-refractivity contribution is 0.547. The Hall–Kier alpha value is -0.200. The molecule has 0 aromatic rings. The smallest absolute Gasteiger partial charge is 0.0950 e. The van der Waals surface area contributed by atoms with Crippen LogP contribution in [-0.4, -0.2) is 24.6 Å². The van der Waals surface area contributed by atoms with E-state index in [0.717, 1.165) is 13.0 Å². The summed E-state index contributed by atoms with van der Waals surface area (Å²) in [5, 5.41) is 11.9. The first-order valence-corrected chi connectivity index (χ1v) is 6.86. The third-order valence-electron chi connectivity index (χ3n) is 2.23. The molecule has 0 aliphatic rings. The van der Waals surface area contributed by atoms with E-state index in [-0.39, 0.29) is 6.04 Å². The number of rotatable bonds is 9. The fourth-order valence-corrected chi connectivity index (χ4v) is 1.78. The van der Waals surface area contributed by atoms with E-state index in [1.165, 1.54) is 31.4 Å². The summed E-state index contributed by atoms with van der Waals surface area (Å²) < 4.78 is 0. The molecular weight excluding hydrogens is 192 g/mol. The summed E-state index contributed by atoms with van der Waals surface area (Å²) in [6.07, 6.45) is 8.20. The van der Waals surface area contributed by atoms with Crippen LogP contribution in [0.15, 0.2) is 0 Å². The van der Waals surface area contributed by atoms with Crippen LogP contribution >= 0.6 is 11.8 Å². The predicted octanol–water partition coefficient (Wildman–Crippen LogP) is 2.80. The maximum Gasteiger partial charge on any atom is 0.0950 e. The van der Waals surface area contributed by atoms with Crippen LogP contribution in [0.5, 0.6) is 0 Å². The van der Waals surface area contributed by atoms with Gasteiger partial charge >= 0.3 is 0 Å². The largest absolute Gasteiger partial charge is 0.302 e. The molecule has 0 aromatic carbocycles. The van der Waals surface area contributed by atoms with E-state index in [1.807, 2.05) is 18.7 Å². The molecule has 0 aliphatic heterocycles. The molecule has 0 saturated carbocycles. The summed E-state index contributed by atoms with van der Waals surface area (Å²) in [5.41, 5.74) is 0. The minimum absolute atomic E-state index is 0.0567. The Morgan fingerprint density at radius 3 is 2.57 bits per heavy atom. The standard InChI is InChI=1S/C11H22N2S/c1-3-11(10-12)13-8-6-4-5-7-9-14-2/h11,13H,3-9H2,1-2H3. The molecule has 0 rings (SSSR count). The molecule has 14 heavy (non-hydrogen) atoms. The Bertz CT molecular complexity index is 154. The number of hydrogen-bond acceptors (Lipinski definition) is 3. The van der Waals surface area contributed by atoms with E-state index in [4.69, 9.17) is 5.26 Å². The average Bonchev–Trinajstić information content (AvgIpc) is 2.22. The van der Waals surface area contributed by atoms with Crippen molar-refractivity contribution in [2.75, 3.05) is 18.6 Å². The SMILES string of the molecule is CCC(C#N)NCCCCCCSC. The zero-order chi connectivity index (χ0) is 10.6. The maximum absolute atomic E-state index is 8.68. The Morgan fingerprint density at radius 1 is 1.29 bits per heavy atom. The highest BCUT2D eigenvalue weighted by atomic mass is 32.2. The lowest BCUT2D eigenvalue weighted by Gasteiger charge is -2.08. The van der Waals surface area contributed by atoms with Crippen LogP contribution < -0.4 is 5.32 Å². The molecular formula is C11H22N2S. The van der Waals surface area contributed by atoms with Crippen molar-refractivity contribution >= 4 is 11.8 Å². The van der Waals surface area contributed by atoms with Gasteiger partial charge in [-0.1, -0.05) is 19.8 Å². The van der Waals surface area contributed by atoms with Crippen LogP contribution in [0, 0.1) is 11.3 Å². The van der Waals surface area contributed by atoms with Gasteiger partial charge in [0.05, 0.1) is 12.1 Å². The van der Waals surface area contributed by atoms with E-state index in [2.05, 4.69) is 17.6 Å². The van der Waals surface area contributed by atoms with Gasteiger partial charge in [0.2, 0.25) is 0 Å². The fraction of sp³-hybridized carbons (Fsp3) is 0.909. The number of thioether (sulfide) groups is 1. The average molecular weight is 214 g/mol. The molecule has 0 aromatic heterocycles. The van der Waals surface area contributed by atoms with Gasteiger partial charge in [-0.2, -0.15) is 17.0 Å². The van der Waals surface area contributed by atoms with Gasteiger partial charge in [-0.15, -0.1) is 0 Å². The van der Waals surface area contributed by atoms with Crippen molar-refractivity contribution in [3.8, 4) is 6.07 Å². The number of nitrogens with zero attached hydrogens (tertiary/aromatic N) is 1. The van der Waals surface area contributed by atoms with Gasteiger partial charge < -0.3 is 5.32 Å². The third kappa shape index (κ3) is 8.40. The van der Waals surface area contributed by atoms with Crippen molar-refractivity contribution in [2.24, 2.45) is 0 Å². The molecule has 2 nitrogen and oxygen atoms in total. The molecule has 1 unspecified atom stereocenters. The molecule has 0 aliphatic carbocycles. The molecule has 0 bridgehead atoms. The third-order valence-corrected chi connectivity index (χ3v) is 2.93. The molecule has 1 atom stereocenters. The van der Waals surface area contributed by atoms with E-state index in [1.54, 1.807) is 0 Å². The van der Waals surface area contributed by atoms with E-state index >= 15 is 0 Å². The second kappa shape index (κ2) is 10.9. The second-order valence-corrected chi connectivity index (χ2v) is 4.44. The highest BCUT2D eigenvalue weighted by Gasteiger charge is 2.00. The highest BCUT2D eigenvalue weighted by molar-refractivity contribution is 7.98. The van der Waals surface area contributed by atoms with Crippen molar-refractivity contribution in [2.45, 2.75) is 45.1 Å². The van der Waals surface area contributed by atoms with E-state index in [0.29, 0.717) is 0 Å². The van der Waals surface area contributed by atoms with Gasteiger partial charge in [0, 0.05) is 0 Å². The van der Waals surface area contributed by atoms with Gasteiger partial charge in [0.1, 0.15) is 0 Å². The van der Waals surface area contributed by atoms with Gasteiger partial charge in [-0.25, -0.2) is 0 Å². The summed E-state index contributed by atoms with van der Waals surface area (Å²) in [6.45, 7) is 3.03. The van der Waals surface area contributed by atoms with Crippen LogP contribution in [0.4, 0.5) is 0 Å². The first-order chi connectivity index (χ1) is 6.85. The van der Waals surface area contributed by atoms with Crippen LogP contribution in [0.2, 0.25) is 0 Å². The summed E-state index contributed by atoms with van der Waals surface area (Å²) in [5.74, 6) is 1.28. The number of unbranched alkanes of at least 4 members (excludes halogenated alkanes) is 3. The first kappa shape index (κ1) is 13.8. The Labute approximate surface area is 92.5 Å². The molecule has 0 fully saturated rings.